The van der Waals surface area contributed by atoms with Gasteiger partial charge in [0.25, 0.3) is 0 Å². The van der Waals surface area contributed by atoms with Crippen LogP contribution in [0.25, 0.3) is 0 Å². The molecule has 27 heavy (non-hydrogen) atoms. The van der Waals surface area contributed by atoms with Crippen LogP contribution < -0.4 is 0 Å². The Balaban J connectivity index is 1.82. The predicted octanol–water partition coefficient (Wildman–Crippen LogP) is 7.56. The molecule has 0 N–H and O–H groups in total. The summed E-state index contributed by atoms with van der Waals surface area (Å²) in [5.74, 6) is -0.404. The lowest BCUT2D eigenvalue weighted by molar-refractivity contribution is -0.241. The number of carbonyl (C=O) groups excluding carboxylic acids is 1. The first-order chi connectivity index (χ1) is 13.3. The largest absolute Gasteiger partial charge is 0.373 e. The lowest BCUT2D eigenvalue weighted by Crippen LogP contribution is -2.08. The van der Waals surface area contributed by atoms with Crippen molar-refractivity contribution in [2.45, 2.75) is 104 Å². The van der Waals surface area contributed by atoms with Crippen LogP contribution in [0.15, 0.2) is 24.3 Å². The van der Waals surface area contributed by atoms with Crippen LogP contribution >= 0.6 is 0 Å². The van der Waals surface area contributed by atoms with Gasteiger partial charge >= 0.3 is 5.97 Å². The molecule has 0 spiro atoms. The van der Waals surface area contributed by atoms with Gasteiger partial charge in [-0.05, 0) is 25.0 Å². The van der Waals surface area contributed by atoms with Gasteiger partial charge in [-0.3, -0.25) is 4.89 Å². The van der Waals surface area contributed by atoms with Crippen molar-refractivity contribution < 1.29 is 14.6 Å². The molecule has 3 nitrogen and oxygen atoms in total. The van der Waals surface area contributed by atoms with Crippen molar-refractivity contribution >= 4 is 5.97 Å². The lowest BCUT2D eigenvalue weighted by Gasteiger charge is -2.06. The van der Waals surface area contributed by atoms with Gasteiger partial charge in [0.1, 0.15) is 0 Å². The number of hydrogen-bond donors (Lipinski definition) is 0. The number of carbonyl (C=O) groups is 1. The molecule has 0 amide bonds. The Morgan fingerprint density at radius 1 is 0.741 bits per heavy atom. The molecule has 0 saturated heterocycles. The molecule has 3 heteroatoms. The van der Waals surface area contributed by atoms with E-state index in [-0.39, 0.29) is 0 Å². The van der Waals surface area contributed by atoms with Gasteiger partial charge in [-0.2, -0.15) is 4.89 Å². The van der Waals surface area contributed by atoms with E-state index >= 15 is 0 Å². The average molecular weight is 377 g/mol. The Morgan fingerprint density at radius 2 is 1.22 bits per heavy atom. The van der Waals surface area contributed by atoms with Gasteiger partial charge in [-0.1, -0.05) is 109 Å². The first-order valence-electron chi connectivity index (χ1n) is 11.1. The summed E-state index contributed by atoms with van der Waals surface area (Å²) in [6.07, 6.45) is 18.6. The van der Waals surface area contributed by atoms with E-state index in [4.69, 9.17) is 9.78 Å². The summed E-state index contributed by atoms with van der Waals surface area (Å²) in [4.78, 5) is 21.8. The van der Waals surface area contributed by atoms with E-state index in [1.807, 2.05) is 25.1 Å². The molecule has 0 unspecified atom stereocenters. The highest BCUT2D eigenvalue weighted by molar-refractivity contribution is 5.90. The zero-order chi connectivity index (χ0) is 19.6. The van der Waals surface area contributed by atoms with Crippen LogP contribution in [0.4, 0.5) is 0 Å². The molecule has 154 valence electrons. The molecule has 1 aromatic rings. The van der Waals surface area contributed by atoms with Crippen molar-refractivity contribution in [1.82, 2.24) is 0 Å². The van der Waals surface area contributed by atoms with Gasteiger partial charge in [0, 0.05) is 0 Å². The minimum absolute atomic E-state index is 0.404. The third kappa shape index (κ3) is 12.6. The van der Waals surface area contributed by atoms with Crippen molar-refractivity contribution in [3.05, 3.63) is 35.4 Å². The van der Waals surface area contributed by atoms with Gasteiger partial charge in [-0.15, -0.1) is 0 Å². The zero-order valence-corrected chi connectivity index (χ0v) is 17.6. The van der Waals surface area contributed by atoms with Gasteiger partial charge in [0.05, 0.1) is 12.2 Å². The third-order valence-corrected chi connectivity index (χ3v) is 5.08. The number of unbranched alkanes of at least 4 members (excludes halogenated alkanes) is 13. The monoisotopic (exact) mass is 376 g/mol. The van der Waals surface area contributed by atoms with E-state index in [2.05, 4.69) is 6.92 Å². The number of rotatable bonds is 17. The number of aryl methyl sites for hydroxylation is 1. The lowest BCUT2D eigenvalue weighted by atomic mass is 10.0. The van der Waals surface area contributed by atoms with Crippen molar-refractivity contribution in [3.63, 3.8) is 0 Å². The molecule has 1 rings (SSSR count). The summed E-state index contributed by atoms with van der Waals surface area (Å²) in [5.41, 5.74) is 1.47. The molecule has 0 aliphatic heterocycles. The molecule has 0 radical (unpaired) electrons. The fourth-order valence-corrected chi connectivity index (χ4v) is 3.30. The van der Waals surface area contributed by atoms with Gasteiger partial charge in [0.15, 0.2) is 0 Å². The fraction of sp³-hybridized carbons (Fsp3) is 0.708. The first kappa shape index (κ1) is 23.7. The van der Waals surface area contributed by atoms with E-state index in [9.17, 15) is 4.79 Å². The average Bonchev–Trinajstić information content (AvgIpc) is 2.68. The highest BCUT2D eigenvalue weighted by atomic mass is 17.2. The van der Waals surface area contributed by atoms with Crippen LogP contribution in [0.1, 0.15) is 113 Å². The molecule has 0 heterocycles. The van der Waals surface area contributed by atoms with Gasteiger partial charge in [0.2, 0.25) is 0 Å². The minimum atomic E-state index is -0.404. The maximum Gasteiger partial charge on any atom is 0.373 e. The molecule has 0 bridgehead atoms. The summed E-state index contributed by atoms with van der Waals surface area (Å²) in [5, 5.41) is 0. The van der Waals surface area contributed by atoms with Crippen molar-refractivity contribution in [2.24, 2.45) is 0 Å². The second-order valence-electron chi connectivity index (χ2n) is 7.60. The van der Waals surface area contributed by atoms with E-state index in [1.54, 1.807) is 6.07 Å². The smallest absolute Gasteiger partial charge is 0.293 e. The molecule has 0 fully saturated rings. The SMILES string of the molecule is CCCCCCCCCCCCCCCCOOC(=O)c1ccccc1C. The topological polar surface area (TPSA) is 35.5 Å². The van der Waals surface area contributed by atoms with Crippen molar-refractivity contribution in [1.29, 1.82) is 0 Å². The fourth-order valence-electron chi connectivity index (χ4n) is 3.30. The maximum atomic E-state index is 11.9. The van der Waals surface area contributed by atoms with Crippen LogP contribution in [0.5, 0.6) is 0 Å². The molecular formula is C24H40O3. The summed E-state index contributed by atoms with van der Waals surface area (Å²) in [7, 11) is 0. The van der Waals surface area contributed by atoms with Crippen molar-refractivity contribution in [2.75, 3.05) is 6.61 Å². The molecule has 0 saturated carbocycles. The summed E-state index contributed by atoms with van der Waals surface area (Å²) < 4.78 is 0. The minimum Gasteiger partial charge on any atom is -0.293 e. The maximum absolute atomic E-state index is 11.9. The van der Waals surface area contributed by atoms with E-state index in [1.165, 1.54) is 77.0 Å². The zero-order valence-electron chi connectivity index (χ0n) is 17.6. The molecule has 0 aliphatic carbocycles. The normalized spacial score (nSPS) is 10.9. The van der Waals surface area contributed by atoms with Gasteiger partial charge in [-0.25, -0.2) is 4.79 Å². The Bertz CT molecular complexity index is 484. The predicted molar refractivity (Wildman–Crippen MR) is 113 cm³/mol. The van der Waals surface area contributed by atoms with Crippen LogP contribution in [-0.4, -0.2) is 12.6 Å². The number of hydrogen-bond acceptors (Lipinski definition) is 3. The Morgan fingerprint density at radius 3 is 1.74 bits per heavy atom. The van der Waals surface area contributed by atoms with Crippen LogP contribution in [0.3, 0.4) is 0 Å². The summed E-state index contributed by atoms with van der Waals surface area (Å²) >= 11 is 0. The highest BCUT2D eigenvalue weighted by Gasteiger charge is 2.10. The van der Waals surface area contributed by atoms with Crippen LogP contribution in [0.2, 0.25) is 0 Å². The quantitative estimate of drug-likeness (QED) is 0.160. The second kappa shape index (κ2) is 16.8. The third-order valence-electron chi connectivity index (χ3n) is 5.08. The van der Waals surface area contributed by atoms with E-state index in [0.717, 1.165) is 18.4 Å². The molecular weight excluding hydrogens is 336 g/mol. The van der Waals surface area contributed by atoms with E-state index in [0.29, 0.717) is 12.2 Å². The van der Waals surface area contributed by atoms with E-state index < -0.39 is 5.97 Å². The molecule has 0 atom stereocenters. The molecule has 0 aromatic heterocycles. The number of benzene rings is 1. The van der Waals surface area contributed by atoms with Crippen LogP contribution in [-0.2, 0) is 9.78 Å². The Kier molecular flexibility index (Phi) is 14.7. The standard InChI is InChI=1S/C24H40O3/c1-3-4-5-6-7-8-9-10-11-12-13-14-15-18-21-26-27-24(25)23-20-17-16-19-22(23)2/h16-17,19-20H,3-15,18,21H2,1-2H3. The second-order valence-corrected chi connectivity index (χ2v) is 7.60. The first-order valence-corrected chi connectivity index (χ1v) is 11.1. The molecule has 0 aliphatic rings. The summed E-state index contributed by atoms with van der Waals surface area (Å²) in [6.45, 7) is 4.65. The highest BCUT2D eigenvalue weighted by Crippen LogP contribution is 2.13. The summed E-state index contributed by atoms with van der Waals surface area (Å²) in [6, 6.07) is 7.39. The Hall–Kier alpha value is -1.35. The van der Waals surface area contributed by atoms with Crippen molar-refractivity contribution in [3.8, 4) is 0 Å². The van der Waals surface area contributed by atoms with Gasteiger partial charge < -0.3 is 0 Å². The Labute approximate surface area is 166 Å². The van der Waals surface area contributed by atoms with Crippen LogP contribution in [0, 0.1) is 6.92 Å². The molecule has 1 aromatic carbocycles.